The topological polar surface area (TPSA) is 64.4 Å². The second kappa shape index (κ2) is 5.09. The van der Waals surface area contributed by atoms with Gasteiger partial charge in [-0.2, -0.15) is 0 Å². The third-order valence-electron chi connectivity index (χ3n) is 2.66. The average Bonchev–Trinajstić information content (AvgIpc) is 2.30. The van der Waals surface area contributed by atoms with Gasteiger partial charge in [-0.15, -0.1) is 0 Å². The van der Waals surface area contributed by atoms with Crippen molar-refractivity contribution in [3.8, 4) is 5.75 Å². The average molecular weight is 240 g/mol. The summed E-state index contributed by atoms with van der Waals surface area (Å²) in [6, 6.07) is 3.25. The van der Waals surface area contributed by atoms with Crippen LogP contribution in [0.1, 0.15) is 12.8 Å². The molecule has 0 aromatic heterocycles. The highest BCUT2D eigenvalue weighted by molar-refractivity contribution is 5.46. The van der Waals surface area contributed by atoms with E-state index >= 15 is 0 Å². The summed E-state index contributed by atoms with van der Waals surface area (Å²) in [5.41, 5.74) is -0.197. The van der Waals surface area contributed by atoms with E-state index in [4.69, 9.17) is 4.74 Å². The number of nitrogens with one attached hydrogen (secondary N) is 1. The molecule has 5 nitrogen and oxygen atoms in total. The van der Waals surface area contributed by atoms with Crippen LogP contribution in [-0.2, 0) is 0 Å². The fourth-order valence-electron chi connectivity index (χ4n) is 1.83. The summed E-state index contributed by atoms with van der Waals surface area (Å²) in [5.74, 6) is -0.530. The minimum Gasteiger partial charge on any atom is -0.482 e. The van der Waals surface area contributed by atoms with Gasteiger partial charge in [0.25, 0.3) is 0 Å². The van der Waals surface area contributed by atoms with Crippen LogP contribution in [0.15, 0.2) is 18.2 Å². The lowest BCUT2D eigenvalue weighted by Gasteiger charge is -2.23. The van der Waals surface area contributed by atoms with Crippen molar-refractivity contribution in [2.45, 2.75) is 18.9 Å². The highest BCUT2D eigenvalue weighted by Gasteiger charge is 2.21. The van der Waals surface area contributed by atoms with Crippen LogP contribution in [0.2, 0.25) is 0 Å². The predicted molar refractivity (Wildman–Crippen MR) is 59.6 cm³/mol. The summed E-state index contributed by atoms with van der Waals surface area (Å²) in [7, 11) is 0. The number of rotatable bonds is 3. The maximum Gasteiger partial charge on any atom is 0.311 e. The van der Waals surface area contributed by atoms with E-state index in [-0.39, 0.29) is 17.5 Å². The molecule has 17 heavy (non-hydrogen) atoms. The highest BCUT2D eigenvalue weighted by atomic mass is 19.1. The van der Waals surface area contributed by atoms with Crippen molar-refractivity contribution in [1.29, 1.82) is 0 Å². The predicted octanol–water partition coefficient (Wildman–Crippen LogP) is 1.86. The molecule has 1 aromatic carbocycles. The Morgan fingerprint density at radius 3 is 3.00 bits per heavy atom. The first-order chi connectivity index (χ1) is 8.16. The first kappa shape index (κ1) is 11.8. The number of piperidine rings is 1. The smallest absolute Gasteiger partial charge is 0.311 e. The monoisotopic (exact) mass is 240 g/mol. The molecule has 0 amide bonds. The Labute approximate surface area is 97.7 Å². The summed E-state index contributed by atoms with van der Waals surface area (Å²) in [6.45, 7) is 1.55. The summed E-state index contributed by atoms with van der Waals surface area (Å²) in [5, 5.41) is 13.9. The zero-order chi connectivity index (χ0) is 12.3. The number of nitrogens with zero attached hydrogens (tertiary/aromatic N) is 1. The van der Waals surface area contributed by atoms with E-state index in [1.54, 1.807) is 0 Å². The molecule has 1 aliphatic rings. The number of nitro groups is 1. The number of ether oxygens (including phenoxy) is 1. The molecule has 0 bridgehead atoms. The Morgan fingerprint density at radius 2 is 2.35 bits per heavy atom. The molecule has 0 radical (unpaired) electrons. The maximum atomic E-state index is 13.0. The van der Waals surface area contributed by atoms with E-state index in [9.17, 15) is 14.5 Å². The Bertz CT molecular complexity index is 419. The molecule has 1 N–H and O–H groups in total. The van der Waals surface area contributed by atoms with Crippen LogP contribution >= 0.6 is 0 Å². The lowest BCUT2D eigenvalue weighted by Crippen LogP contribution is -2.37. The molecule has 1 saturated heterocycles. The normalized spacial score (nSPS) is 19.9. The molecule has 92 valence electrons. The van der Waals surface area contributed by atoms with Crippen molar-refractivity contribution in [3.05, 3.63) is 34.1 Å². The lowest BCUT2D eigenvalue weighted by atomic mass is 10.1. The molecule has 2 rings (SSSR count). The fourth-order valence-corrected chi connectivity index (χ4v) is 1.83. The van der Waals surface area contributed by atoms with Crippen molar-refractivity contribution in [3.63, 3.8) is 0 Å². The van der Waals surface area contributed by atoms with Crippen LogP contribution in [-0.4, -0.2) is 24.1 Å². The van der Waals surface area contributed by atoms with Crippen molar-refractivity contribution in [1.82, 2.24) is 5.32 Å². The van der Waals surface area contributed by atoms with Crippen LogP contribution in [0.5, 0.6) is 5.75 Å². The third-order valence-corrected chi connectivity index (χ3v) is 2.66. The van der Waals surface area contributed by atoms with Crippen LogP contribution in [0, 0.1) is 15.9 Å². The number of nitro benzene ring substituents is 1. The molecular weight excluding hydrogens is 227 g/mol. The molecule has 1 heterocycles. The van der Waals surface area contributed by atoms with Gasteiger partial charge in [-0.1, -0.05) is 0 Å². The van der Waals surface area contributed by atoms with E-state index in [0.717, 1.165) is 37.6 Å². The van der Waals surface area contributed by atoms with Gasteiger partial charge in [0, 0.05) is 18.7 Å². The Morgan fingerprint density at radius 1 is 1.53 bits per heavy atom. The van der Waals surface area contributed by atoms with E-state index < -0.39 is 10.7 Å². The first-order valence-corrected chi connectivity index (χ1v) is 5.48. The van der Waals surface area contributed by atoms with Gasteiger partial charge in [0.15, 0.2) is 5.75 Å². The van der Waals surface area contributed by atoms with Crippen LogP contribution < -0.4 is 10.1 Å². The standard InChI is InChI=1S/C11H13FN2O3/c12-8-3-4-10(14(15)16)11(6-8)17-9-2-1-5-13-7-9/h3-4,6,9,13H,1-2,5,7H2. The van der Waals surface area contributed by atoms with Gasteiger partial charge in [-0.25, -0.2) is 4.39 Å². The van der Waals surface area contributed by atoms with Crippen molar-refractivity contribution >= 4 is 5.69 Å². The zero-order valence-corrected chi connectivity index (χ0v) is 9.19. The van der Waals surface area contributed by atoms with Crippen LogP contribution in [0.4, 0.5) is 10.1 Å². The van der Waals surface area contributed by atoms with Crippen molar-refractivity contribution < 1.29 is 14.1 Å². The Balaban J connectivity index is 2.17. The fraction of sp³-hybridized carbons (Fsp3) is 0.455. The van der Waals surface area contributed by atoms with Crippen molar-refractivity contribution in [2.24, 2.45) is 0 Å². The third kappa shape index (κ3) is 2.91. The van der Waals surface area contributed by atoms with Gasteiger partial charge in [0.2, 0.25) is 0 Å². The van der Waals surface area contributed by atoms with Gasteiger partial charge < -0.3 is 10.1 Å². The van der Waals surface area contributed by atoms with Gasteiger partial charge in [0.1, 0.15) is 11.9 Å². The summed E-state index contributed by atoms with van der Waals surface area (Å²) < 4.78 is 18.5. The Hall–Kier alpha value is -1.69. The van der Waals surface area contributed by atoms with Gasteiger partial charge in [-0.3, -0.25) is 10.1 Å². The molecule has 1 aromatic rings. The highest BCUT2D eigenvalue weighted by Crippen LogP contribution is 2.29. The summed E-state index contributed by atoms with van der Waals surface area (Å²) in [6.07, 6.45) is 1.64. The number of hydrogen-bond acceptors (Lipinski definition) is 4. The number of benzene rings is 1. The second-order valence-electron chi connectivity index (χ2n) is 3.96. The van der Waals surface area contributed by atoms with Gasteiger partial charge in [0.05, 0.1) is 4.92 Å². The zero-order valence-electron chi connectivity index (χ0n) is 9.19. The minimum absolute atomic E-state index is 0.00343. The van der Waals surface area contributed by atoms with Crippen LogP contribution in [0.3, 0.4) is 0 Å². The van der Waals surface area contributed by atoms with E-state index in [0.29, 0.717) is 6.54 Å². The second-order valence-corrected chi connectivity index (χ2v) is 3.96. The number of halogens is 1. The lowest BCUT2D eigenvalue weighted by molar-refractivity contribution is -0.386. The minimum atomic E-state index is -0.564. The first-order valence-electron chi connectivity index (χ1n) is 5.48. The van der Waals surface area contributed by atoms with Gasteiger partial charge in [-0.05, 0) is 25.5 Å². The van der Waals surface area contributed by atoms with E-state index in [2.05, 4.69) is 5.32 Å². The Kier molecular flexibility index (Phi) is 3.53. The molecule has 1 aliphatic heterocycles. The molecule has 0 saturated carbocycles. The SMILES string of the molecule is O=[N+]([O-])c1ccc(F)cc1OC1CCCNC1. The molecule has 1 fully saturated rings. The summed E-state index contributed by atoms with van der Waals surface area (Å²) >= 11 is 0. The largest absolute Gasteiger partial charge is 0.482 e. The molecule has 1 unspecified atom stereocenters. The summed E-state index contributed by atoms with van der Waals surface area (Å²) in [4.78, 5) is 10.2. The van der Waals surface area contributed by atoms with E-state index in [1.807, 2.05) is 0 Å². The van der Waals surface area contributed by atoms with Gasteiger partial charge >= 0.3 is 5.69 Å². The number of hydrogen-bond donors (Lipinski definition) is 1. The molecule has 0 spiro atoms. The molecule has 1 atom stereocenters. The molecule has 0 aliphatic carbocycles. The molecule has 6 heteroatoms. The van der Waals surface area contributed by atoms with Crippen molar-refractivity contribution in [2.75, 3.05) is 13.1 Å². The quantitative estimate of drug-likeness (QED) is 0.647. The van der Waals surface area contributed by atoms with Crippen LogP contribution in [0.25, 0.3) is 0 Å². The van der Waals surface area contributed by atoms with E-state index in [1.165, 1.54) is 0 Å². The maximum absolute atomic E-state index is 13.0. The molecular formula is C11H13FN2O3.